The van der Waals surface area contributed by atoms with Gasteiger partial charge in [-0.1, -0.05) is 42.2 Å². The molecule has 0 aliphatic rings. The summed E-state index contributed by atoms with van der Waals surface area (Å²) in [5.74, 6) is 0.239. The van der Waals surface area contributed by atoms with Crippen molar-refractivity contribution in [2.45, 2.75) is 19.9 Å². The summed E-state index contributed by atoms with van der Waals surface area (Å²) in [5, 5.41) is 10.4. The minimum atomic E-state index is -0.471. The second-order valence-electron chi connectivity index (χ2n) is 5.06. The maximum Gasteiger partial charge on any atom is 0.322 e. The van der Waals surface area contributed by atoms with E-state index in [1.54, 1.807) is 25.2 Å². The molecule has 118 valence electrons. The smallest absolute Gasteiger partial charge is 0.322 e. The molecule has 0 radical (unpaired) electrons. The summed E-state index contributed by atoms with van der Waals surface area (Å²) < 4.78 is 5.14. The van der Waals surface area contributed by atoms with Crippen molar-refractivity contribution in [3.8, 4) is 11.4 Å². The molecule has 6 nitrogen and oxygen atoms in total. The third-order valence-corrected chi connectivity index (χ3v) is 3.46. The molecule has 2 rings (SSSR count). The van der Waals surface area contributed by atoms with Gasteiger partial charge in [-0.3, -0.25) is 4.79 Å². The van der Waals surface area contributed by atoms with Gasteiger partial charge in [0.05, 0.1) is 0 Å². The summed E-state index contributed by atoms with van der Waals surface area (Å²) >= 11 is 11.9. The second-order valence-corrected chi connectivity index (χ2v) is 5.93. The standard InChI is InChI=1S/C14H16Cl2N4O2/c1-7(2)11(13(21)17-3)18-14-19-12(20-22-14)8-4-9(15)6-10(16)5-8/h4-7,11H,1-3H3,(H,17,21)(H,18,19,20). The number of rotatable bonds is 5. The molecule has 1 unspecified atom stereocenters. The van der Waals surface area contributed by atoms with Gasteiger partial charge in [0.2, 0.25) is 11.7 Å². The minimum absolute atomic E-state index is 0.0518. The van der Waals surface area contributed by atoms with E-state index in [-0.39, 0.29) is 17.8 Å². The number of nitrogens with one attached hydrogen (secondary N) is 2. The van der Waals surface area contributed by atoms with Gasteiger partial charge in [-0.05, 0) is 24.1 Å². The molecule has 0 fully saturated rings. The second kappa shape index (κ2) is 6.98. The van der Waals surface area contributed by atoms with E-state index in [9.17, 15) is 4.79 Å². The Morgan fingerprint density at radius 2 is 1.86 bits per heavy atom. The van der Waals surface area contributed by atoms with Crippen LogP contribution in [0, 0.1) is 5.92 Å². The normalized spacial score (nSPS) is 12.3. The fourth-order valence-electron chi connectivity index (χ4n) is 1.91. The van der Waals surface area contributed by atoms with E-state index in [2.05, 4.69) is 20.8 Å². The number of benzene rings is 1. The van der Waals surface area contributed by atoms with Crippen LogP contribution >= 0.6 is 23.2 Å². The minimum Gasteiger partial charge on any atom is -0.357 e. The number of likely N-dealkylation sites (N-methyl/N-ethyl adjacent to an activating group) is 1. The number of hydrogen-bond acceptors (Lipinski definition) is 5. The van der Waals surface area contributed by atoms with Gasteiger partial charge in [-0.25, -0.2) is 0 Å². The molecule has 0 bridgehead atoms. The van der Waals surface area contributed by atoms with Crippen LogP contribution in [0.4, 0.5) is 6.01 Å². The molecule has 1 aromatic heterocycles. The van der Waals surface area contributed by atoms with Gasteiger partial charge in [-0.15, -0.1) is 0 Å². The van der Waals surface area contributed by atoms with Gasteiger partial charge in [-0.2, -0.15) is 4.98 Å². The molecule has 2 aromatic rings. The molecule has 1 heterocycles. The molecule has 2 N–H and O–H groups in total. The van der Waals surface area contributed by atoms with E-state index in [4.69, 9.17) is 27.7 Å². The van der Waals surface area contributed by atoms with Crippen LogP contribution in [0.15, 0.2) is 22.7 Å². The van der Waals surface area contributed by atoms with Crippen LogP contribution in [-0.4, -0.2) is 29.1 Å². The first-order valence-electron chi connectivity index (χ1n) is 6.69. The van der Waals surface area contributed by atoms with E-state index in [1.807, 2.05) is 13.8 Å². The van der Waals surface area contributed by atoms with Crippen molar-refractivity contribution in [2.75, 3.05) is 12.4 Å². The molecule has 1 atom stereocenters. The van der Waals surface area contributed by atoms with Gasteiger partial charge in [0.25, 0.3) is 0 Å². The van der Waals surface area contributed by atoms with E-state index >= 15 is 0 Å². The molecule has 0 saturated heterocycles. The lowest BCUT2D eigenvalue weighted by atomic mass is 10.0. The maximum absolute atomic E-state index is 11.8. The lowest BCUT2D eigenvalue weighted by Gasteiger charge is -2.18. The fourth-order valence-corrected chi connectivity index (χ4v) is 2.43. The summed E-state index contributed by atoms with van der Waals surface area (Å²) in [7, 11) is 1.58. The predicted molar refractivity (Wildman–Crippen MR) is 86.1 cm³/mol. The molecule has 22 heavy (non-hydrogen) atoms. The molecular formula is C14H16Cl2N4O2. The molecule has 1 amide bonds. The van der Waals surface area contributed by atoms with Gasteiger partial charge in [0.1, 0.15) is 6.04 Å². The van der Waals surface area contributed by atoms with Crippen LogP contribution in [0.1, 0.15) is 13.8 Å². The number of carbonyl (C=O) groups is 1. The van der Waals surface area contributed by atoms with Gasteiger partial charge < -0.3 is 15.2 Å². The van der Waals surface area contributed by atoms with Crippen LogP contribution in [-0.2, 0) is 4.79 Å². The number of carbonyl (C=O) groups excluding carboxylic acids is 1. The van der Waals surface area contributed by atoms with Crippen LogP contribution in [0.2, 0.25) is 10.0 Å². The summed E-state index contributed by atoms with van der Waals surface area (Å²) in [6.45, 7) is 3.84. The molecule has 1 aromatic carbocycles. The monoisotopic (exact) mass is 342 g/mol. The van der Waals surface area contributed by atoms with Crippen molar-refractivity contribution in [3.63, 3.8) is 0 Å². The highest BCUT2D eigenvalue weighted by Gasteiger charge is 2.23. The zero-order chi connectivity index (χ0) is 16.3. The topological polar surface area (TPSA) is 80.0 Å². The van der Waals surface area contributed by atoms with E-state index < -0.39 is 6.04 Å². The molecule has 0 aliphatic carbocycles. The van der Waals surface area contributed by atoms with Crippen molar-refractivity contribution in [1.82, 2.24) is 15.5 Å². The fraction of sp³-hybridized carbons (Fsp3) is 0.357. The van der Waals surface area contributed by atoms with Crippen LogP contribution in [0.5, 0.6) is 0 Å². The summed E-state index contributed by atoms with van der Waals surface area (Å²) in [6.07, 6.45) is 0. The van der Waals surface area contributed by atoms with Gasteiger partial charge >= 0.3 is 6.01 Å². The Bertz CT molecular complexity index is 652. The molecule has 0 saturated carbocycles. The summed E-state index contributed by atoms with van der Waals surface area (Å²) in [5.41, 5.74) is 0.635. The van der Waals surface area contributed by atoms with Crippen LogP contribution in [0.25, 0.3) is 11.4 Å². The number of hydrogen-bond donors (Lipinski definition) is 2. The third kappa shape index (κ3) is 3.90. The van der Waals surface area contributed by atoms with Crippen molar-refractivity contribution >= 4 is 35.1 Å². The Balaban J connectivity index is 2.22. The van der Waals surface area contributed by atoms with Gasteiger partial charge in [0, 0.05) is 22.7 Å². The highest BCUT2D eigenvalue weighted by atomic mass is 35.5. The Kier molecular flexibility index (Phi) is 5.26. The average Bonchev–Trinajstić information content (AvgIpc) is 2.91. The number of halogens is 2. The zero-order valence-corrected chi connectivity index (χ0v) is 13.9. The third-order valence-electron chi connectivity index (χ3n) is 3.02. The lowest BCUT2D eigenvalue weighted by molar-refractivity contribution is -0.122. The lowest BCUT2D eigenvalue weighted by Crippen LogP contribution is -2.41. The Hall–Kier alpha value is -1.79. The van der Waals surface area contributed by atoms with Crippen molar-refractivity contribution in [1.29, 1.82) is 0 Å². The maximum atomic E-state index is 11.8. The first-order valence-corrected chi connectivity index (χ1v) is 7.44. The number of anilines is 1. The molecule has 0 aliphatic heterocycles. The van der Waals surface area contributed by atoms with Crippen molar-refractivity contribution in [2.24, 2.45) is 5.92 Å². The number of nitrogens with zero attached hydrogens (tertiary/aromatic N) is 2. The predicted octanol–water partition coefficient (Wildman–Crippen LogP) is 3.23. The Labute approximate surface area is 138 Å². The largest absolute Gasteiger partial charge is 0.357 e. The van der Waals surface area contributed by atoms with E-state index in [0.717, 1.165) is 0 Å². The molecular weight excluding hydrogens is 327 g/mol. The van der Waals surface area contributed by atoms with Crippen molar-refractivity contribution in [3.05, 3.63) is 28.2 Å². The Morgan fingerprint density at radius 3 is 2.41 bits per heavy atom. The average molecular weight is 343 g/mol. The van der Waals surface area contributed by atoms with Crippen molar-refractivity contribution < 1.29 is 9.32 Å². The summed E-state index contributed by atoms with van der Waals surface area (Å²) in [4.78, 5) is 16.0. The number of aromatic nitrogens is 2. The van der Waals surface area contributed by atoms with Crippen LogP contribution < -0.4 is 10.6 Å². The highest BCUT2D eigenvalue weighted by Crippen LogP contribution is 2.26. The molecule has 0 spiro atoms. The molecule has 8 heteroatoms. The highest BCUT2D eigenvalue weighted by molar-refractivity contribution is 6.35. The van der Waals surface area contributed by atoms with E-state index in [1.165, 1.54) is 0 Å². The Morgan fingerprint density at radius 1 is 1.23 bits per heavy atom. The summed E-state index contributed by atoms with van der Waals surface area (Å²) in [6, 6.07) is 4.67. The van der Waals surface area contributed by atoms with E-state index in [0.29, 0.717) is 21.4 Å². The quantitative estimate of drug-likeness (QED) is 0.871. The van der Waals surface area contributed by atoms with Crippen LogP contribution in [0.3, 0.4) is 0 Å². The SMILES string of the molecule is CNC(=O)C(Nc1nc(-c2cc(Cl)cc(Cl)c2)no1)C(C)C. The first kappa shape index (κ1) is 16.6. The zero-order valence-electron chi connectivity index (χ0n) is 12.4. The van der Waals surface area contributed by atoms with Gasteiger partial charge in [0.15, 0.2) is 0 Å². The number of amides is 1. The first-order chi connectivity index (χ1) is 10.4.